The summed E-state index contributed by atoms with van der Waals surface area (Å²) >= 11 is 3.26. The van der Waals surface area contributed by atoms with Crippen LogP contribution >= 0.6 is 15.9 Å². The van der Waals surface area contributed by atoms with Crippen molar-refractivity contribution in [2.24, 2.45) is 0 Å². The molecule has 0 aliphatic rings. The van der Waals surface area contributed by atoms with Gasteiger partial charge in [0.25, 0.3) is 10.0 Å². The molecule has 6 heteroatoms. The van der Waals surface area contributed by atoms with E-state index in [9.17, 15) is 13.2 Å². The molecule has 0 heterocycles. The Balaban J connectivity index is 1.80. The molecule has 0 aliphatic heterocycles. The maximum Gasteiger partial charge on any atom is 0.261 e. The lowest BCUT2D eigenvalue weighted by molar-refractivity contribution is 0.103. The second-order valence-electron chi connectivity index (χ2n) is 5.34. The third-order valence-corrected chi connectivity index (χ3v) is 5.41. The molecule has 0 radical (unpaired) electrons. The zero-order valence-electron chi connectivity index (χ0n) is 13.0. The standard InChI is InChI=1S/C19H14BrNO3S/c20-16-7-4-8-18(13-16)25(23,24)21-17-11-9-15(10-12-17)19(22)14-5-2-1-3-6-14/h1-13,21H. The van der Waals surface area contributed by atoms with E-state index >= 15 is 0 Å². The van der Waals surface area contributed by atoms with Crippen LogP contribution in [0.25, 0.3) is 0 Å². The van der Waals surface area contributed by atoms with Gasteiger partial charge in [-0.25, -0.2) is 8.42 Å². The molecule has 0 atom stereocenters. The zero-order chi connectivity index (χ0) is 17.9. The van der Waals surface area contributed by atoms with Crippen molar-refractivity contribution in [3.63, 3.8) is 0 Å². The average Bonchev–Trinajstić information content (AvgIpc) is 2.62. The van der Waals surface area contributed by atoms with E-state index in [1.165, 1.54) is 12.1 Å². The Morgan fingerprint density at radius 2 is 1.44 bits per heavy atom. The summed E-state index contributed by atoms with van der Waals surface area (Å²) in [7, 11) is -3.69. The fourth-order valence-corrected chi connectivity index (χ4v) is 3.95. The van der Waals surface area contributed by atoms with E-state index in [1.54, 1.807) is 60.7 Å². The first kappa shape index (κ1) is 17.4. The molecule has 1 N–H and O–H groups in total. The molecule has 0 fully saturated rings. The van der Waals surface area contributed by atoms with Crippen LogP contribution in [-0.4, -0.2) is 14.2 Å². The SMILES string of the molecule is O=C(c1ccccc1)c1ccc(NS(=O)(=O)c2cccc(Br)c2)cc1. The van der Waals surface area contributed by atoms with Gasteiger partial charge in [0.1, 0.15) is 0 Å². The van der Waals surface area contributed by atoms with Crippen LogP contribution in [0.15, 0.2) is 88.2 Å². The van der Waals surface area contributed by atoms with Crippen LogP contribution in [-0.2, 0) is 10.0 Å². The van der Waals surface area contributed by atoms with Crippen molar-refractivity contribution in [2.45, 2.75) is 4.90 Å². The smallest absolute Gasteiger partial charge is 0.261 e. The second kappa shape index (κ2) is 7.21. The van der Waals surface area contributed by atoms with Crippen molar-refractivity contribution in [3.05, 3.63) is 94.5 Å². The number of nitrogens with one attached hydrogen (secondary N) is 1. The monoisotopic (exact) mass is 415 g/mol. The maximum absolute atomic E-state index is 12.4. The number of ketones is 1. The van der Waals surface area contributed by atoms with E-state index in [-0.39, 0.29) is 10.7 Å². The minimum absolute atomic E-state index is 0.109. The van der Waals surface area contributed by atoms with Gasteiger partial charge in [0.15, 0.2) is 5.78 Å². The van der Waals surface area contributed by atoms with E-state index in [2.05, 4.69) is 20.7 Å². The van der Waals surface area contributed by atoms with E-state index in [0.29, 0.717) is 21.3 Å². The Hall–Kier alpha value is -2.44. The molecular formula is C19H14BrNO3S. The zero-order valence-corrected chi connectivity index (χ0v) is 15.4. The molecule has 0 bridgehead atoms. The highest BCUT2D eigenvalue weighted by molar-refractivity contribution is 9.10. The first-order valence-corrected chi connectivity index (χ1v) is 9.71. The number of hydrogen-bond acceptors (Lipinski definition) is 3. The van der Waals surface area contributed by atoms with Crippen molar-refractivity contribution >= 4 is 37.4 Å². The van der Waals surface area contributed by atoms with Gasteiger partial charge in [-0.15, -0.1) is 0 Å². The Labute approximate surface area is 154 Å². The van der Waals surface area contributed by atoms with Gasteiger partial charge in [-0.1, -0.05) is 52.3 Å². The van der Waals surface area contributed by atoms with E-state index in [4.69, 9.17) is 0 Å². The van der Waals surface area contributed by atoms with Crippen LogP contribution in [0.3, 0.4) is 0 Å². The molecule has 3 rings (SSSR count). The predicted molar refractivity (Wildman–Crippen MR) is 101 cm³/mol. The topological polar surface area (TPSA) is 63.2 Å². The van der Waals surface area contributed by atoms with Crippen molar-refractivity contribution in [2.75, 3.05) is 4.72 Å². The largest absolute Gasteiger partial charge is 0.289 e. The van der Waals surface area contributed by atoms with Crippen LogP contribution in [0.5, 0.6) is 0 Å². The Kier molecular flexibility index (Phi) is 5.01. The first-order chi connectivity index (χ1) is 12.0. The summed E-state index contributed by atoms with van der Waals surface area (Å²) < 4.78 is 28.0. The quantitative estimate of drug-likeness (QED) is 0.624. The van der Waals surface area contributed by atoms with Crippen LogP contribution in [0.2, 0.25) is 0 Å². The molecule has 0 aliphatic carbocycles. The molecule has 25 heavy (non-hydrogen) atoms. The van der Waals surface area contributed by atoms with Crippen molar-refractivity contribution < 1.29 is 13.2 Å². The van der Waals surface area contributed by atoms with Gasteiger partial charge in [0.2, 0.25) is 0 Å². The second-order valence-corrected chi connectivity index (χ2v) is 7.93. The van der Waals surface area contributed by atoms with E-state index in [0.717, 1.165) is 0 Å². The molecular weight excluding hydrogens is 402 g/mol. The van der Waals surface area contributed by atoms with Crippen LogP contribution in [0.1, 0.15) is 15.9 Å². The van der Waals surface area contributed by atoms with Crippen molar-refractivity contribution in [1.82, 2.24) is 0 Å². The summed E-state index contributed by atoms with van der Waals surface area (Å²) in [5.74, 6) is -0.109. The number of sulfonamides is 1. The Morgan fingerprint density at radius 3 is 2.08 bits per heavy atom. The minimum Gasteiger partial charge on any atom is -0.289 e. The summed E-state index contributed by atoms with van der Waals surface area (Å²) in [5, 5.41) is 0. The summed E-state index contributed by atoms with van der Waals surface area (Å²) in [6, 6.07) is 21.7. The van der Waals surface area contributed by atoms with Gasteiger partial charge >= 0.3 is 0 Å². The van der Waals surface area contributed by atoms with Gasteiger partial charge in [-0.2, -0.15) is 0 Å². The van der Waals surface area contributed by atoms with Crippen molar-refractivity contribution in [1.29, 1.82) is 0 Å². The molecule has 0 aromatic heterocycles. The van der Waals surface area contributed by atoms with Gasteiger partial charge < -0.3 is 0 Å². The molecule has 3 aromatic rings. The van der Waals surface area contributed by atoms with Crippen LogP contribution < -0.4 is 4.72 Å². The summed E-state index contributed by atoms with van der Waals surface area (Å²) in [4.78, 5) is 12.5. The van der Waals surface area contributed by atoms with Gasteiger partial charge in [-0.3, -0.25) is 9.52 Å². The Bertz CT molecular complexity index is 1000. The number of rotatable bonds is 5. The lowest BCUT2D eigenvalue weighted by Gasteiger charge is -2.09. The van der Waals surface area contributed by atoms with E-state index in [1.807, 2.05) is 6.07 Å². The number of halogens is 1. The maximum atomic E-state index is 12.4. The van der Waals surface area contributed by atoms with Gasteiger partial charge in [0.05, 0.1) is 4.90 Å². The van der Waals surface area contributed by atoms with Crippen LogP contribution in [0, 0.1) is 0 Å². The normalized spacial score (nSPS) is 11.1. The lowest BCUT2D eigenvalue weighted by atomic mass is 10.0. The molecule has 126 valence electrons. The highest BCUT2D eigenvalue weighted by Gasteiger charge is 2.15. The molecule has 0 amide bonds. The molecule has 0 unspecified atom stereocenters. The number of anilines is 1. The summed E-state index contributed by atoms with van der Waals surface area (Å²) in [6.07, 6.45) is 0. The number of carbonyl (C=O) groups is 1. The van der Waals surface area contributed by atoms with Crippen molar-refractivity contribution in [3.8, 4) is 0 Å². The number of hydrogen-bond donors (Lipinski definition) is 1. The number of benzene rings is 3. The van der Waals surface area contributed by atoms with E-state index < -0.39 is 10.0 Å². The summed E-state index contributed by atoms with van der Waals surface area (Å²) in [6.45, 7) is 0. The minimum atomic E-state index is -3.69. The Morgan fingerprint density at radius 1 is 0.800 bits per heavy atom. The molecule has 0 spiro atoms. The fraction of sp³-hybridized carbons (Fsp3) is 0. The predicted octanol–water partition coefficient (Wildman–Crippen LogP) is 4.48. The van der Waals surface area contributed by atoms with Gasteiger partial charge in [-0.05, 0) is 42.5 Å². The highest BCUT2D eigenvalue weighted by Crippen LogP contribution is 2.20. The summed E-state index contributed by atoms with van der Waals surface area (Å²) in [5.41, 5.74) is 1.48. The van der Waals surface area contributed by atoms with Crippen LogP contribution in [0.4, 0.5) is 5.69 Å². The highest BCUT2D eigenvalue weighted by atomic mass is 79.9. The average molecular weight is 416 g/mol. The van der Waals surface area contributed by atoms with Gasteiger partial charge in [0, 0.05) is 21.3 Å². The molecule has 4 nitrogen and oxygen atoms in total. The number of carbonyl (C=O) groups excluding carboxylic acids is 1. The third kappa shape index (κ3) is 4.15. The fourth-order valence-electron chi connectivity index (χ4n) is 2.29. The molecule has 0 saturated heterocycles. The lowest BCUT2D eigenvalue weighted by Crippen LogP contribution is -2.13. The molecule has 3 aromatic carbocycles. The molecule has 0 saturated carbocycles. The first-order valence-electron chi connectivity index (χ1n) is 7.44. The third-order valence-electron chi connectivity index (χ3n) is 3.54.